The van der Waals surface area contributed by atoms with E-state index in [9.17, 15) is 23.1 Å². The van der Waals surface area contributed by atoms with Crippen LogP contribution in [0.25, 0.3) is 22.3 Å². The third-order valence-corrected chi connectivity index (χ3v) is 7.84. The van der Waals surface area contributed by atoms with Crippen LogP contribution in [0.4, 0.5) is 22.0 Å². The van der Waals surface area contributed by atoms with E-state index < -0.39 is 29.5 Å². The molecule has 1 aliphatic heterocycles. The number of hydrogen-bond acceptors (Lipinski definition) is 7. The smallest absolute Gasteiger partial charge is 0.435 e. The van der Waals surface area contributed by atoms with Gasteiger partial charge in [-0.2, -0.15) is 18.3 Å². The second-order valence-electron chi connectivity index (χ2n) is 11.6. The average molecular weight is 640 g/mol. The van der Waals surface area contributed by atoms with Gasteiger partial charge in [0, 0.05) is 23.5 Å². The first-order chi connectivity index (χ1) is 21.8. The lowest BCUT2D eigenvalue weighted by Gasteiger charge is -2.28. The minimum atomic E-state index is -4.63. The summed E-state index contributed by atoms with van der Waals surface area (Å²) in [6.45, 7) is 4.57. The first kappa shape index (κ1) is 31.0. The molecule has 1 atom stereocenters. The molecule has 0 aliphatic carbocycles. The highest BCUT2D eigenvalue weighted by molar-refractivity contribution is 5.92. The number of carboxylic acids is 1. The van der Waals surface area contributed by atoms with Crippen molar-refractivity contribution in [3.8, 4) is 17.1 Å². The van der Waals surface area contributed by atoms with Gasteiger partial charge in [-0.15, -0.1) is 5.10 Å². The van der Waals surface area contributed by atoms with Gasteiger partial charge in [0.15, 0.2) is 5.69 Å². The fourth-order valence-electron chi connectivity index (χ4n) is 5.40. The van der Waals surface area contributed by atoms with Crippen LogP contribution >= 0.6 is 0 Å². The van der Waals surface area contributed by atoms with Crippen LogP contribution in [0.1, 0.15) is 53.0 Å². The molecule has 0 amide bonds. The molecule has 9 nitrogen and oxygen atoms in total. The van der Waals surface area contributed by atoms with Gasteiger partial charge < -0.3 is 19.1 Å². The predicted octanol–water partition coefficient (Wildman–Crippen LogP) is 6.65. The van der Waals surface area contributed by atoms with Crippen molar-refractivity contribution in [1.29, 1.82) is 0 Å². The Bertz CT molecular complexity index is 1940. The maximum absolute atomic E-state index is 15.6. The lowest BCUT2D eigenvalue weighted by molar-refractivity contribution is -0.141. The minimum absolute atomic E-state index is 0.0129. The Morgan fingerprint density at radius 1 is 1.04 bits per heavy atom. The number of pyridine rings is 1. The van der Waals surface area contributed by atoms with Crippen LogP contribution in [0.3, 0.4) is 0 Å². The minimum Gasteiger partial charge on any atom is -0.478 e. The van der Waals surface area contributed by atoms with Gasteiger partial charge in [-0.25, -0.2) is 23.5 Å². The number of rotatable bonds is 8. The summed E-state index contributed by atoms with van der Waals surface area (Å²) in [5.74, 6) is -2.13. The zero-order valence-corrected chi connectivity index (χ0v) is 24.5. The maximum Gasteiger partial charge on any atom is 0.435 e. The van der Waals surface area contributed by atoms with E-state index in [1.54, 1.807) is 6.07 Å². The molecular formula is C32H26F5N5O4. The summed E-state index contributed by atoms with van der Waals surface area (Å²) >= 11 is 0. The molecule has 3 aromatic heterocycles. The predicted molar refractivity (Wildman–Crippen MR) is 154 cm³/mol. The molecule has 6 rings (SSSR count). The molecule has 0 radical (unpaired) electrons. The Balaban J connectivity index is 1.27. The van der Waals surface area contributed by atoms with E-state index in [0.717, 1.165) is 24.3 Å². The number of hydrogen-bond donors (Lipinski definition) is 1. The van der Waals surface area contributed by atoms with Gasteiger partial charge >= 0.3 is 12.1 Å². The highest BCUT2D eigenvalue weighted by Crippen LogP contribution is 2.40. The van der Waals surface area contributed by atoms with Gasteiger partial charge in [-0.1, -0.05) is 19.9 Å². The number of nitrogens with zero attached hydrogens (tertiary/aromatic N) is 5. The molecule has 2 aromatic carbocycles. The molecule has 1 saturated heterocycles. The first-order valence-corrected chi connectivity index (χ1v) is 14.1. The van der Waals surface area contributed by atoms with E-state index in [0.29, 0.717) is 30.1 Å². The van der Waals surface area contributed by atoms with Crippen molar-refractivity contribution in [2.75, 3.05) is 13.2 Å². The van der Waals surface area contributed by atoms with Gasteiger partial charge in [0.05, 0.1) is 41.5 Å². The van der Waals surface area contributed by atoms with Crippen molar-refractivity contribution in [3.63, 3.8) is 0 Å². The third kappa shape index (κ3) is 6.12. The fourth-order valence-corrected chi connectivity index (χ4v) is 5.40. The normalized spacial score (nSPS) is 16.2. The number of aromatic carboxylic acids is 1. The van der Waals surface area contributed by atoms with Crippen LogP contribution in [-0.2, 0) is 23.9 Å². The van der Waals surface area contributed by atoms with Crippen molar-refractivity contribution < 1.29 is 41.3 Å². The largest absolute Gasteiger partial charge is 0.478 e. The molecule has 5 aromatic rings. The Morgan fingerprint density at radius 2 is 1.85 bits per heavy atom. The van der Waals surface area contributed by atoms with Gasteiger partial charge in [-0.3, -0.25) is 0 Å². The number of fused-ring (bicyclic) bond motifs is 1. The third-order valence-electron chi connectivity index (χ3n) is 7.84. The SMILES string of the molecule is CC1(C)COCC1n1c(Cc2cc(F)c(-c3cccc(OCc4ccc(C(F)(F)F)nn4)n3)cc2F)nc2ccc(C(=O)O)cc21. The molecule has 4 heterocycles. The highest BCUT2D eigenvalue weighted by atomic mass is 19.4. The van der Waals surface area contributed by atoms with Crippen molar-refractivity contribution in [1.82, 2.24) is 24.7 Å². The van der Waals surface area contributed by atoms with E-state index in [-0.39, 0.29) is 58.4 Å². The van der Waals surface area contributed by atoms with E-state index in [1.807, 2.05) is 18.4 Å². The average Bonchev–Trinajstić information content (AvgIpc) is 3.54. The van der Waals surface area contributed by atoms with Crippen LogP contribution in [0.2, 0.25) is 0 Å². The summed E-state index contributed by atoms with van der Waals surface area (Å²) in [4.78, 5) is 20.6. The van der Waals surface area contributed by atoms with Crippen molar-refractivity contribution >= 4 is 17.0 Å². The van der Waals surface area contributed by atoms with Gasteiger partial charge in [0.1, 0.15) is 29.8 Å². The summed E-state index contributed by atoms with van der Waals surface area (Å²) in [7, 11) is 0. The molecule has 1 fully saturated rings. The number of ether oxygens (including phenoxy) is 2. The number of halogens is 5. The number of carbonyl (C=O) groups is 1. The number of alkyl halides is 3. The summed E-state index contributed by atoms with van der Waals surface area (Å²) in [6.07, 6.45) is -4.71. The number of imidazole rings is 1. The summed E-state index contributed by atoms with van der Waals surface area (Å²) in [6, 6.07) is 12.7. The van der Waals surface area contributed by atoms with Crippen molar-refractivity contribution in [2.45, 2.75) is 39.1 Å². The molecule has 238 valence electrons. The van der Waals surface area contributed by atoms with Gasteiger partial charge in [-0.05, 0) is 54.1 Å². The molecule has 1 unspecified atom stereocenters. The van der Waals surface area contributed by atoms with Crippen molar-refractivity contribution in [2.24, 2.45) is 5.41 Å². The van der Waals surface area contributed by atoms with Crippen LogP contribution < -0.4 is 4.74 Å². The summed E-state index contributed by atoms with van der Waals surface area (Å²) in [5.41, 5.74) is -0.262. The molecular weight excluding hydrogens is 613 g/mol. The maximum atomic E-state index is 15.6. The van der Waals surface area contributed by atoms with Crippen LogP contribution in [-0.4, -0.2) is 49.0 Å². The van der Waals surface area contributed by atoms with E-state index in [1.165, 1.54) is 30.3 Å². The van der Waals surface area contributed by atoms with Crippen LogP contribution in [0.15, 0.2) is 60.7 Å². The van der Waals surface area contributed by atoms with Gasteiger partial charge in [0.2, 0.25) is 5.88 Å². The van der Waals surface area contributed by atoms with Crippen molar-refractivity contribution in [3.05, 3.63) is 101 Å². The molecule has 0 bridgehead atoms. The number of aromatic nitrogens is 5. The van der Waals surface area contributed by atoms with E-state index in [2.05, 4.69) is 20.2 Å². The Hall–Kier alpha value is -4.98. The quantitative estimate of drug-likeness (QED) is 0.188. The zero-order valence-electron chi connectivity index (χ0n) is 24.5. The lowest BCUT2D eigenvalue weighted by Crippen LogP contribution is -2.27. The van der Waals surface area contributed by atoms with E-state index >= 15 is 8.78 Å². The second-order valence-corrected chi connectivity index (χ2v) is 11.6. The van der Waals surface area contributed by atoms with E-state index in [4.69, 9.17) is 9.47 Å². The van der Waals surface area contributed by atoms with Crippen LogP contribution in [0, 0.1) is 17.0 Å². The Morgan fingerprint density at radius 3 is 2.52 bits per heavy atom. The highest BCUT2D eigenvalue weighted by Gasteiger charge is 2.39. The fraction of sp³-hybridized carbons (Fsp3) is 0.281. The molecule has 1 N–H and O–H groups in total. The summed E-state index contributed by atoms with van der Waals surface area (Å²) < 4.78 is 82.5. The topological polar surface area (TPSA) is 112 Å². The molecule has 1 aliphatic rings. The Labute approximate surface area is 258 Å². The summed E-state index contributed by atoms with van der Waals surface area (Å²) in [5, 5.41) is 16.2. The monoisotopic (exact) mass is 639 g/mol. The molecule has 46 heavy (non-hydrogen) atoms. The Kier molecular flexibility index (Phi) is 7.92. The number of carboxylic acid groups (broad SMARTS) is 1. The lowest BCUT2D eigenvalue weighted by atomic mass is 9.87. The molecule has 0 spiro atoms. The standard InChI is InChI=1S/C32H26F5N5O4/c1-31(2)16-45-15-27(31)42-25-11-17(30(43)44)6-8-24(25)38-28(42)12-18-10-22(34)20(13-21(18)33)23-4-3-5-29(39-23)46-14-19-7-9-26(41-40-19)32(35,36)37/h3-11,13,27H,12,14-16H2,1-2H3,(H,43,44). The number of benzene rings is 2. The zero-order chi connectivity index (χ0) is 32.8. The molecule has 0 saturated carbocycles. The van der Waals surface area contributed by atoms with Gasteiger partial charge in [0.25, 0.3) is 0 Å². The molecule has 14 heteroatoms. The van der Waals surface area contributed by atoms with Crippen LogP contribution in [0.5, 0.6) is 5.88 Å². The second kappa shape index (κ2) is 11.7. The first-order valence-electron chi connectivity index (χ1n) is 14.1.